The zero-order chi connectivity index (χ0) is 11.8. The Labute approximate surface area is 104 Å². The molecule has 1 aromatic heterocycles. The lowest BCUT2D eigenvalue weighted by Gasteiger charge is -2.07. The number of thiophene rings is 1. The second-order valence-electron chi connectivity index (χ2n) is 4.10. The summed E-state index contributed by atoms with van der Waals surface area (Å²) >= 11 is 1.68. The summed E-state index contributed by atoms with van der Waals surface area (Å²) in [5.74, 6) is 0.374. The molecule has 3 rings (SSSR count). The van der Waals surface area contributed by atoms with Crippen LogP contribution in [-0.2, 0) is 0 Å². The lowest BCUT2D eigenvalue weighted by Crippen LogP contribution is -1.82. The maximum Gasteiger partial charge on any atom is 0.120 e. The standard InChI is InChI=1S/C15H12OS/c1-10-14(16)9-13(11-5-3-2-4-6-11)12-7-8-17-15(10)12/h2-9,16H,1H3. The average molecular weight is 240 g/mol. The lowest BCUT2D eigenvalue weighted by atomic mass is 9.99. The summed E-state index contributed by atoms with van der Waals surface area (Å²) in [5.41, 5.74) is 3.21. The van der Waals surface area contributed by atoms with E-state index in [0.717, 1.165) is 16.7 Å². The third-order valence-electron chi connectivity index (χ3n) is 3.05. The molecule has 1 N–H and O–H groups in total. The number of aromatic hydroxyl groups is 1. The molecular formula is C15H12OS. The van der Waals surface area contributed by atoms with E-state index in [2.05, 4.69) is 23.6 Å². The van der Waals surface area contributed by atoms with Crippen LogP contribution in [0.4, 0.5) is 0 Å². The molecule has 0 saturated heterocycles. The number of phenolic OH excluding ortho intramolecular Hbond substituents is 1. The molecule has 0 unspecified atom stereocenters. The molecule has 2 aromatic carbocycles. The summed E-state index contributed by atoms with van der Waals surface area (Å²) in [7, 11) is 0. The van der Waals surface area contributed by atoms with E-state index in [9.17, 15) is 5.11 Å². The van der Waals surface area contributed by atoms with Crippen LogP contribution in [0.3, 0.4) is 0 Å². The van der Waals surface area contributed by atoms with Gasteiger partial charge < -0.3 is 5.11 Å². The molecule has 0 saturated carbocycles. The van der Waals surface area contributed by atoms with Crippen LogP contribution in [-0.4, -0.2) is 5.11 Å². The quantitative estimate of drug-likeness (QED) is 0.660. The van der Waals surface area contributed by atoms with Gasteiger partial charge in [0.1, 0.15) is 5.75 Å². The summed E-state index contributed by atoms with van der Waals surface area (Å²) in [6.07, 6.45) is 0. The maximum atomic E-state index is 9.98. The van der Waals surface area contributed by atoms with Crippen molar-refractivity contribution in [1.29, 1.82) is 0 Å². The summed E-state index contributed by atoms with van der Waals surface area (Å²) in [4.78, 5) is 0. The van der Waals surface area contributed by atoms with E-state index >= 15 is 0 Å². The SMILES string of the molecule is Cc1c(O)cc(-c2ccccc2)c2ccsc12. The summed E-state index contributed by atoms with van der Waals surface area (Å²) < 4.78 is 1.17. The van der Waals surface area contributed by atoms with Gasteiger partial charge in [-0.3, -0.25) is 0 Å². The molecular weight excluding hydrogens is 228 g/mol. The molecule has 84 valence electrons. The van der Waals surface area contributed by atoms with Crippen molar-refractivity contribution in [3.63, 3.8) is 0 Å². The average Bonchev–Trinajstić information content (AvgIpc) is 2.84. The van der Waals surface area contributed by atoms with Crippen molar-refractivity contribution in [1.82, 2.24) is 0 Å². The van der Waals surface area contributed by atoms with Crippen molar-refractivity contribution in [3.8, 4) is 16.9 Å². The predicted molar refractivity (Wildman–Crippen MR) is 73.7 cm³/mol. The zero-order valence-corrected chi connectivity index (χ0v) is 10.3. The van der Waals surface area contributed by atoms with Gasteiger partial charge in [-0.15, -0.1) is 11.3 Å². The van der Waals surface area contributed by atoms with Gasteiger partial charge in [-0.05, 0) is 35.6 Å². The van der Waals surface area contributed by atoms with Crippen LogP contribution in [0.2, 0.25) is 0 Å². The van der Waals surface area contributed by atoms with Crippen LogP contribution < -0.4 is 0 Å². The van der Waals surface area contributed by atoms with E-state index in [4.69, 9.17) is 0 Å². The minimum atomic E-state index is 0.374. The Kier molecular flexibility index (Phi) is 2.37. The highest BCUT2D eigenvalue weighted by Crippen LogP contribution is 2.38. The van der Waals surface area contributed by atoms with Gasteiger partial charge in [0, 0.05) is 15.6 Å². The van der Waals surface area contributed by atoms with E-state index in [1.165, 1.54) is 10.1 Å². The number of benzene rings is 2. The number of aryl methyl sites for hydroxylation is 1. The molecule has 0 amide bonds. The largest absolute Gasteiger partial charge is 0.508 e. The summed E-state index contributed by atoms with van der Waals surface area (Å²) in [5, 5.41) is 13.3. The lowest BCUT2D eigenvalue weighted by molar-refractivity contribution is 0.472. The molecule has 2 heteroatoms. The van der Waals surface area contributed by atoms with Crippen LogP contribution in [0.1, 0.15) is 5.56 Å². The predicted octanol–water partition coefficient (Wildman–Crippen LogP) is 4.58. The monoisotopic (exact) mass is 240 g/mol. The third-order valence-corrected chi connectivity index (χ3v) is 4.08. The first-order valence-electron chi connectivity index (χ1n) is 5.52. The Hall–Kier alpha value is -1.80. The van der Waals surface area contributed by atoms with Gasteiger partial charge in [0.25, 0.3) is 0 Å². The Morgan fingerprint density at radius 1 is 1.06 bits per heavy atom. The van der Waals surface area contributed by atoms with Gasteiger partial charge >= 0.3 is 0 Å². The van der Waals surface area contributed by atoms with Crippen molar-refractivity contribution in [2.24, 2.45) is 0 Å². The van der Waals surface area contributed by atoms with Crippen LogP contribution in [0.25, 0.3) is 21.2 Å². The molecule has 0 aliphatic rings. The smallest absolute Gasteiger partial charge is 0.120 e. The van der Waals surface area contributed by atoms with Gasteiger partial charge in [-0.25, -0.2) is 0 Å². The highest BCUT2D eigenvalue weighted by molar-refractivity contribution is 7.17. The summed E-state index contributed by atoms with van der Waals surface area (Å²) in [6.45, 7) is 1.96. The van der Waals surface area contributed by atoms with E-state index in [0.29, 0.717) is 5.75 Å². The third kappa shape index (κ3) is 1.61. The zero-order valence-electron chi connectivity index (χ0n) is 9.47. The van der Waals surface area contributed by atoms with Crippen molar-refractivity contribution in [2.75, 3.05) is 0 Å². The Morgan fingerprint density at radius 3 is 2.59 bits per heavy atom. The molecule has 0 aliphatic carbocycles. The van der Waals surface area contributed by atoms with E-state index < -0.39 is 0 Å². The van der Waals surface area contributed by atoms with Gasteiger partial charge in [-0.1, -0.05) is 30.3 Å². The van der Waals surface area contributed by atoms with Crippen molar-refractivity contribution < 1.29 is 5.11 Å². The Balaban J connectivity index is 2.38. The Bertz CT molecular complexity index is 668. The number of rotatable bonds is 1. The van der Waals surface area contributed by atoms with E-state index in [1.807, 2.05) is 31.2 Å². The fourth-order valence-corrected chi connectivity index (χ4v) is 3.03. The fraction of sp³-hybridized carbons (Fsp3) is 0.0667. The number of hydrogen-bond acceptors (Lipinski definition) is 2. The number of phenols is 1. The number of hydrogen-bond donors (Lipinski definition) is 1. The molecule has 1 nitrogen and oxygen atoms in total. The molecule has 0 fully saturated rings. The fourth-order valence-electron chi connectivity index (χ4n) is 2.11. The maximum absolute atomic E-state index is 9.98. The van der Waals surface area contributed by atoms with Gasteiger partial charge in [0.2, 0.25) is 0 Å². The molecule has 0 radical (unpaired) electrons. The Morgan fingerprint density at radius 2 is 1.82 bits per heavy atom. The van der Waals surface area contributed by atoms with E-state index in [1.54, 1.807) is 11.3 Å². The highest BCUT2D eigenvalue weighted by Gasteiger charge is 2.10. The number of fused-ring (bicyclic) bond motifs is 1. The second kappa shape index (κ2) is 3.90. The molecule has 3 aromatic rings. The van der Waals surface area contributed by atoms with E-state index in [-0.39, 0.29) is 0 Å². The van der Waals surface area contributed by atoms with Gasteiger partial charge in [-0.2, -0.15) is 0 Å². The normalized spacial score (nSPS) is 10.9. The molecule has 1 heterocycles. The minimum Gasteiger partial charge on any atom is -0.508 e. The topological polar surface area (TPSA) is 20.2 Å². The second-order valence-corrected chi connectivity index (χ2v) is 5.01. The highest BCUT2D eigenvalue weighted by atomic mass is 32.1. The van der Waals surface area contributed by atoms with Gasteiger partial charge in [0.05, 0.1) is 0 Å². The molecule has 0 bridgehead atoms. The first kappa shape index (κ1) is 10.4. The van der Waals surface area contributed by atoms with Crippen molar-refractivity contribution in [3.05, 3.63) is 53.4 Å². The van der Waals surface area contributed by atoms with Crippen LogP contribution in [0.15, 0.2) is 47.8 Å². The molecule has 0 spiro atoms. The molecule has 17 heavy (non-hydrogen) atoms. The van der Waals surface area contributed by atoms with Crippen LogP contribution >= 0.6 is 11.3 Å². The van der Waals surface area contributed by atoms with Crippen molar-refractivity contribution >= 4 is 21.4 Å². The van der Waals surface area contributed by atoms with Crippen LogP contribution in [0.5, 0.6) is 5.75 Å². The molecule has 0 aliphatic heterocycles. The molecule has 0 atom stereocenters. The van der Waals surface area contributed by atoms with Gasteiger partial charge in [0.15, 0.2) is 0 Å². The minimum absolute atomic E-state index is 0.374. The summed E-state index contributed by atoms with van der Waals surface area (Å²) in [6, 6.07) is 14.2. The first-order chi connectivity index (χ1) is 8.27. The van der Waals surface area contributed by atoms with Crippen molar-refractivity contribution in [2.45, 2.75) is 6.92 Å². The first-order valence-corrected chi connectivity index (χ1v) is 6.40. The van der Waals surface area contributed by atoms with Crippen LogP contribution in [0, 0.1) is 6.92 Å².